The standard InChI is InChI=1S/C20H26FNO4/c21-17-7-5-16(6-8-17)11-22(13-19-3-1-9-25-19)12-18(23)14-24-15-20-4-2-10-26-20/h2,4-8,10,18-19,23H,1,3,9,11-15H2. The van der Waals surface area contributed by atoms with Gasteiger partial charge in [0.25, 0.3) is 0 Å². The van der Waals surface area contributed by atoms with E-state index >= 15 is 0 Å². The van der Waals surface area contributed by atoms with Gasteiger partial charge in [-0.25, -0.2) is 4.39 Å². The molecule has 5 nitrogen and oxygen atoms in total. The van der Waals surface area contributed by atoms with Gasteiger partial charge < -0.3 is 19.0 Å². The van der Waals surface area contributed by atoms with Crippen molar-refractivity contribution in [1.29, 1.82) is 0 Å². The Kier molecular flexibility index (Phi) is 7.20. The molecule has 1 aliphatic rings. The monoisotopic (exact) mass is 363 g/mol. The minimum atomic E-state index is -0.619. The van der Waals surface area contributed by atoms with Crippen molar-refractivity contribution in [2.75, 3.05) is 26.3 Å². The van der Waals surface area contributed by atoms with E-state index in [1.165, 1.54) is 12.1 Å². The van der Waals surface area contributed by atoms with E-state index in [9.17, 15) is 9.50 Å². The minimum Gasteiger partial charge on any atom is -0.467 e. The Hall–Kier alpha value is -1.73. The minimum absolute atomic E-state index is 0.187. The van der Waals surface area contributed by atoms with Crippen LogP contribution in [0.2, 0.25) is 0 Å². The van der Waals surface area contributed by atoms with Gasteiger partial charge in [0.05, 0.1) is 25.1 Å². The van der Waals surface area contributed by atoms with Crippen molar-refractivity contribution in [3.8, 4) is 0 Å². The molecule has 2 atom stereocenters. The van der Waals surface area contributed by atoms with E-state index in [0.29, 0.717) is 19.7 Å². The summed E-state index contributed by atoms with van der Waals surface area (Å²) in [7, 11) is 0. The molecule has 0 amide bonds. The van der Waals surface area contributed by atoms with Crippen molar-refractivity contribution < 1.29 is 23.4 Å². The third-order valence-electron chi connectivity index (χ3n) is 4.41. The fourth-order valence-electron chi connectivity index (χ4n) is 3.17. The number of hydrogen-bond donors (Lipinski definition) is 1. The lowest BCUT2D eigenvalue weighted by Crippen LogP contribution is -2.39. The summed E-state index contributed by atoms with van der Waals surface area (Å²) < 4.78 is 29.6. The van der Waals surface area contributed by atoms with Gasteiger partial charge in [-0.05, 0) is 42.7 Å². The predicted octanol–water partition coefficient (Wildman–Crippen LogP) is 2.98. The third-order valence-corrected chi connectivity index (χ3v) is 4.41. The third kappa shape index (κ3) is 6.21. The Labute approximate surface area is 153 Å². The predicted molar refractivity (Wildman–Crippen MR) is 95.0 cm³/mol. The molecule has 2 unspecified atom stereocenters. The van der Waals surface area contributed by atoms with Crippen molar-refractivity contribution in [2.24, 2.45) is 0 Å². The maximum absolute atomic E-state index is 13.1. The Morgan fingerprint density at radius 1 is 1.27 bits per heavy atom. The average Bonchev–Trinajstić information content (AvgIpc) is 3.31. The van der Waals surface area contributed by atoms with Crippen LogP contribution in [0.25, 0.3) is 0 Å². The molecule has 6 heteroatoms. The van der Waals surface area contributed by atoms with Crippen LogP contribution in [0.15, 0.2) is 47.1 Å². The van der Waals surface area contributed by atoms with E-state index in [1.54, 1.807) is 24.5 Å². The van der Waals surface area contributed by atoms with Crippen molar-refractivity contribution in [3.63, 3.8) is 0 Å². The summed E-state index contributed by atoms with van der Waals surface area (Å²) in [5.74, 6) is 0.491. The molecule has 0 radical (unpaired) electrons. The Morgan fingerprint density at radius 2 is 2.12 bits per heavy atom. The van der Waals surface area contributed by atoms with Crippen LogP contribution >= 0.6 is 0 Å². The van der Waals surface area contributed by atoms with E-state index in [2.05, 4.69) is 4.90 Å². The number of aliphatic hydroxyl groups excluding tert-OH is 1. The average molecular weight is 363 g/mol. The number of nitrogens with zero attached hydrogens (tertiary/aromatic N) is 1. The molecule has 2 aromatic rings. The van der Waals surface area contributed by atoms with Crippen LogP contribution in [0.3, 0.4) is 0 Å². The second-order valence-electron chi connectivity index (χ2n) is 6.70. The lowest BCUT2D eigenvalue weighted by atomic mass is 10.1. The molecular formula is C20H26FNO4. The molecule has 0 saturated carbocycles. The number of halogens is 1. The van der Waals surface area contributed by atoms with Crippen molar-refractivity contribution in [2.45, 2.75) is 38.2 Å². The summed E-state index contributed by atoms with van der Waals surface area (Å²) in [6.07, 6.45) is 3.27. The van der Waals surface area contributed by atoms with Gasteiger partial charge >= 0.3 is 0 Å². The Morgan fingerprint density at radius 3 is 2.81 bits per heavy atom. The van der Waals surface area contributed by atoms with E-state index < -0.39 is 6.10 Å². The lowest BCUT2D eigenvalue weighted by molar-refractivity contribution is -0.00636. The maximum atomic E-state index is 13.1. The first-order valence-corrected chi connectivity index (χ1v) is 9.05. The molecule has 0 aliphatic carbocycles. The SMILES string of the molecule is OC(COCc1ccco1)CN(Cc1ccc(F)cc1)CC1CCCO1. The fourth-order valence-corrected chi connectivity index (χ4v) is 3.17. The zero-order valence-corrected chi connectivity index (χ0v) is 14.9. The number of hydrogen-bond acceptors (Lipinski definition) is 5. The molecule has 1 N–H and O–H groups in total. The molecule has 3 rings (SSSR count). The number of rotatable bonds is 10. The number of furan rings is 1. The summed E-state index contributed by atoms with van der Waals surface area (Å²) in [5, 5.41) is 10.3. The van der Waals surface area contributed by atoms with Crippen LogP contribution < -0.4 is 0 Å². The van der Waals surface area contributed by atoms with E-state index in [4.69, 9.17) is 13.9 Å². The van der Waals surface area contributed by atoms with Crippen LogP contribution in [-0.4, -0.2) is 48.5 Å². The molecule has 1 fully saturated rings. The van der Waals surface area contributed by atoms with Gasteiger partial charge in [-0.3, -0.25) is 4.90 Å². The molecule has 1 aromatic carbocycles. The highest BCUT2D eigenvalue weighted by molar-refractivity contribution is 5.16. The van der Waals surface area contributed by atoms with Gasteiger partial charge in [-0.15, -0.1) is 0 Å². The first-order chi connectivity index (χ1) is 12.7. The summed E-state index contributed by atoms with van der Waals surface area (Å²) in [6.45, 7) is 3.21. The summed E-state index contributed by atoms with van der Waals surface area (Å²) in [4.78, 5) is 2.14. The molecule has 1 saturated heterocycles. The zero-order chi connectivity index (χ0) is 18.2. The first-order valence-electron chi connectivity index (χ1n) is 9.05. The molecule has 26 heavy (non-hydrogen) atoms. The van der Waals surface area contributed by atoms with Gasteiger partial charge in [0.1, 0.15) is 18.2 Å². The molecular weight excluding hydrogens is 337 g/mol. The van der Waals surface area contributed by atoms with Crippen LogP contribution in [0.4, 0.5) is 4.39 Å². The summed E-state index contributed by atoms with van der Waals surface area (Å²) in [5.41, 5.74) is 1.01. The largest absolute Gasteiger partial charge is 0.467 e. The van der Waals surface area contributed by atoms with E-state index in [-0.39, 0.29) is 18.5 Å². The lowest BCUT2D eigenvalue weighted by Gasteiger charge is -2.27. The second-order valence-corrected chi connectivity index (χ2v) is 6.70. The highest BCUT2D eigenvalue weighted by atomic mass is 19.1. The smallest absolute Gasteiger partial charge is 0.129 e. The molecule has 0 spiro atoms. The second kappa shape index (κ2) is 9.83. The van der Waals surface area contributed by atoms with Crippen molar-refractivity contribution in [1.82, 2.24) is 4.90 Å². The van der Waals surface area contributed by atoms with Crippen LogP contribution in [-0.2, 0) is 22.6 Å². The molecule has 2 heterocycles. The first kappa shape index (κ1) is 19.0. The van der Waals surface area contributed by atoms with Gasteiger partial charge in [0, 0.05) is 26.2 Å². The van der Waals surface area contributed by atoms with Crippen LogP contribution in [0, 0.1) is 5.82 Å². The summed E-state index contributed by atoms with van der Waals surface area (Å²) >= 11 is 0. The van der Waals surface area contributed by atoms with Crippen LogP contribution in [0.1, 0.15) is 24.2 Å². The van der Waals surface area contributed by atoms with Crippen LogP contribution in [0.5, 0.6) is 0 Å². The number of aliphatic hydroxyl groups is 1. The van der Waals surface area contributed by atoms with E-state index in [0.717, 1.165) is 37.3 Å². The Bertz CT molecular complexity index is 626. The molecule has 0 bridgehead atoms. The highest BCUT2D eigenvalue weighted by Crippen LogP contribution is 2.16. The highest BCUT2D eigenvalue weighted by Gasteiger charge is 2.21. The topological polar surface area (TPSA) is 55.1 Å². The number of ether oxygens (including phenoxy) is 2. The van der Waals surface area contributed by atoms with Gasteiger partial charge in [0.15, 0.2) is 0 Å². The molecule has 1 aromatic heterocycles. The molecule has 142 valence electrons. The fraction of sp³-hybridized carbons (Fsp3) is 0.500. The normalized spacial score (nSPS) is 18.5. The van der Waals surface area contributed by atoms with Gasteiger partial charge in [-0.2, -0.15) is 0 Å². The number of benzene rings is 1. The Balaban J connectivity index is 1.50. The van der Waals surface area contributed by atoms with E-state index in [1.807, 2.05) is 6.07 Å². The van der Waals surface area contributed by atoms with Gasteiger partial charge in [0.2, 0.25) is 0 Å². The van der Waals surface area contributed by atoms with Crippen molar-refractivity contribution >= 4 is 0 Å². The van der Waals surface area contributed by atoms with Crippen molar-refractivity contribution in [3.05, 3.63) is 59.8 Å². The maximum Gasteiger partial charge on any atom is 0.129 e. The zero-order valence-electron chi connectivity index (χ0n) is 14.9. The quantitative estimate of drug-likeness (QED) is 0.703. The summed E-state index contributed by atoms with van der Waals surface area (Å²) in [6, 6.07) is 10.1. The van der Waals surface area contributed by atoms with Gasteiger partial charge in [-0.1, -0.05) is 12.1 Å². The molecule has 1 aliphatic heterocycles.